The molecule has 176 valence electrons. The summed E-state index contributed by atoms with van der Waals surface area (Å²) in [4.78, 5) is 23.0. The number of aromatic nitrogens is 2. The topological polar surface area (TPSA) is 115 Å². The normalized spacial score (nSPS) is 18.4. The zero-order valence-electron chi connectivity index (χ0n) is 16.8. The van der Waals surface area contributed by atoms with Crippen LogP contribution in [0.15, 0.2) is 30.3 Å². The summed E-state index contributed by atoms with van der Waals surface area (Å²) in [7, 11) is 0. The number of carbonyl (C=O) groups is 2. The Kier molecular flexibility index (Phi) is 9.43. The number of esters is 1. The molecule has 0 amide bonds. The molecule has 12 heteroatoms. The van der Waals surface area contributed by atoms with Crippen LogP contribution in [0.1, 0.15) is 42.7 Å². The number of fused-ring (bicyclic) bond motifs is 1. The first-order chi connectivity index (χ1) is 14.0. The van der Waals surface area contributed by atoms with E-state index in [-0.39, 0.29) is 42.0 Å². The number of halogens is 5. The first kappa shape index (κ1) is 27.6. The first-order valence-electron chi connectivity index (χ1n) is 9.26. The van der Waals surface area contributed by atoms with E-state index in [1.165, 1.54) is 12.1 Å². The van der Waals surface area contributed by atoms with E-state index in [2.05, 4.69) is 10.2 Å². The molecule has 1 aromatic carbocycles. The average molecular weight is 496 g/mol. The van der Waals surface area contributed by atoms with Crippen molar-refractivity contribution in [3.05, 3.63) is 47.2 Å². The Hall–Kier alpha value is -2.43. The molecule has 0 spiro atoms. The van der Waals surface area contributed by atoms with Crippen LogP contribution in [0.5, 0.6) is 0 Å². The van der Waals surface area contributed by atoms with Crippen molar-refractivity contribution in [2.75, 3.05) is 0 Å². The number of alkyl halides is 3. The number of nitrogens with two attached hydrogens (primary N) is 1. The second kappa shape index (κ2) is 10.9. The molecule has 0 fully saturated rings. The van der Waals surface area contributed by atoms with Crippen molar-refractivity contribution in [1.82, 2.24) is 10.2 Å². The summed E-state index contributed by atoms with van der Waals surface area (Å²) in [5, 5.41) is 17.0. The number of carboxylic acids is 1. The molecule has 3 atom stereocenters. The minimum Gasteiger partial charge on any atom is -0.480 e. The lowest BCUT2D eigenvalue weighted by atomic mass is 9.85. The van der Waals surface area contributed by atoms with E-state index in [0.29, 0.717) is 24.1 Å². The maximum atomic E-state index is 13.0. The van der Waals surface area contributed by atoms with Crippen molar-refractivity contribution in [2.24, 2.45) is 11.7 Å². The van der Waals surface area contributed by atoms with Gasteiger partial charge in [-0.2, -0.15) is 23.4 Å². The molecular formula is C20H22Cl2F3N3O4. The Morgan fingerprint density at radius 1 is 1.25 bits per heavy atom. The van der Waals surface area contributed by atoms with Crippen LogP contribution in [-0.2, 0) is 26.9 Å². The third kappa shape index (κ3) is 6.54. The van der Waals surface area contributed by atoms with Gasteiger partial charge in [0, 0.05) is 11.1 Å². The number of hydrogen-bond acceptors (Lipinski definition) is 6. The highest BCUT2D eigenvalue weighted by Gasteiger charge is 2.32. The summed E-state index contributed by atoms with van der Waals surface area (Å²) in [6, 6.07) is 4.91. The highest BCUT2D eigenvalue weighted by molar-refractivity contribution is 5.85. The van der Waals surface area contributed by atoms with Crippen molar-refractivity contribution in [2.45, 2.75) is 44.5 Å². The molecule has 0 radical (unpaired) electrons. The second-order valence-corrected chi connectivity index (χ2v) is 7.38. The van der Waals surface area contributed by atoms with Crippen LogP contribution in [0.3, 0.4) is 0 Å². The van der Waals surface area contributed by atoms with Gasteiger partial charge < -0.3 is 15.6 Å². The summed E-state index contributed by atoms with van der Waals surface area (Å²) >= 11 is 0. The number of nitrogens with zero attached hydrogens (tertiary/aromatic N) is 2. The van der Waals surface area contributed by atoms with Gasteiger partial charge in [0.15, 0.2) is 0 Å². The van der Waals surface area contributed by atoms with Gasteiger partial charge in [0.25, 0.3) is 0 Å². The summed E-state index contributed by atoms with van der Waals surface area (Å²) in [6.45, 7) is 1.94. The zero-order chi connectivity index (χ0) is 22.1. The fourth-order valence-electron chi connectivity index (χ4n) is 3.36. The van der Waals surface area contributed by atoms with E-state index < -0.39 is 42.2 Å². The molecule has 0 bridgehead atoms. The fraction of sp³-hybridized carbons (Fsp3) is 0.400. The van der Waals surface area contributed by atoms with Gasteiger partial charge in [0.1, 0.15) is 12.1 Å². The van der Waals surface area contributed by atoms with Gasteiger partial charge in [-0.05, 0) is 37.0 Å². The first-order valence-corrected chi connectivity index (χ1v) is 9.26. The molecule has 3 N–H and O–H groups in total. The molecule has 3 rings (SSSR count). The van der Waals surface area contributed by atoms with Crippen LogP contribution in [0.2, 0.25) is 0 Å². The number of aliphatic carboxylic acids is 1. The molecule has 2 unspecified atom stereocenters. The standard InChI is InChI=1S/C20H20F3N3O4.2ClH/c1-10-5-16-13(17(6-10)30-18(27)9-14(24)19(28)29)8-15(25-26-16)11-3-2-4-12(7-11)20(21,22)23;;/h2-4,7-8,10,14,17H,5-6,9,24H2,1H3,(H,28,29);2*1H/t10?,14-,17?;;/m0../s1. The smallest absolute Gasteiger partial charge is 0.416 e. The van der Waals surface area contributed by atoms with E-state index in [1.54, 1.807) is 6.07 Å². The van der Waals surface area contributed by atoms with Crippen molar-refractivity contribution in [3.63, 3.8) is 0 Å². The van der Waals surface area contributed by atoms with E-state index in [9.17, 15) is 22.8 Å². The second-order valence-electron chi connectivity index (χ2n) is 7.38. The molecule has 1 aliphatic rings. The quantitative estimate of drug-likeness (QED) is 0.602. The lowest BCUT2D eigenvalue weighted by Crippen LogP contribution is -2.34. The number of ether oxygens (including phenoxy) is 1. The molecule has 32 heavy (non-hydrogen) atoms. The van der Waals surface area contributed by atoms with E-state index in [0.717, 1.165) is 12.1 Å². The maximum Gasteiger partial charge on any atom is 0.416 e. The zero-order valence-corrected chi connectivity index (χ0v) is 18.5. The van der Waals surface area contributed by atoms with Gasteiger partial charge in [-0.3, -0.25) is 9.59 Å². The predicted molar refractivity (Wildman–Crippen MR) is 114 cm³/mol. The lowest BCUT2D eigenvalue weighted by Gasteiger charge is -2.28. The highest BCUT2D eigenvalue weighted by atomic mass is 35.5. The van der Waals surface area contributed by atoms with Crippen LogP contribution < -0.4 is 5.73 Å². The molecule has 1 aliphatic carbocycles. The SMILES string of the molecule is CC1Cc2nnc(-c3cccc(C(F)(F)F)c3)cc2C(OC(=O)C[C@H](N)C(=O)O)C1.Cl.Cl. The third-order valence-electron chi connectivity index (χ3n) is 4.87. The molecule has 0 saturated carbocycles. The van der Waals surface area contributed by atoms with Crippen LogP contribution in [-0.4, -0.2) is 33.3 Å². The number of carboxylic acid groups (broad SMARTS) is 1. The van der Waals surface area contributed by atoms with E-state index in [1.807, 2.05) is 6.92 Å². The predicted octanol–water partition coefficient (Wildman–Crippen LogP) is 3.97. The van der Waals surface area contributed by atoms with Crippen molar-refractivity contribution in [3.8, 4) is 11.3 Å². The van der Waals surface area contributed by atoms with Crippen molar-refractivity contribution in [1.29, 1.82) is 0 Å². The molecule has 0 saturated heterocycles. The van der Waals surface area contributed by atoms with E-state index in [4.69, 9.17) is 15.6 Å². The van der Waals surface area contributed by atoms with Gasteiger partial charge in [0.05, 0.1) is 23.4 Å². The third-order valence-corrected chi connectivity index (χ3v) is 4.87. The molecule has 2 aromatic rings. The lowest BCUT2D eigenvalue weighted by molar-refractivity contribution is -0.154. The number of benzene rings is 1. The minimum absolute atomic E-state index is 0. The Labute approximate surface area is 194 Å². The summed E-state index contributed by atoms with van der Waals surface area (Å²) in [5.74, 6) is -1.97. The minimum atomic E-state index is -4.49. The number of rotatable bonds is 5. The van der Waals surface area contributed by atoms with Crippen LogP contribution >= 0.6 is 24.8 Å². The van der Waals surface area contributed by atoms with Gasteiger partial charge in [-0.25, -0.2) is 0 Å². The van der Waals surface area contributed by atoms with Crippen LogP contribution in [0.4, 0.5) is 13.2 Å². The Bertz CT molecular complexity index is 975. The van der Waals surface area contributed by atoms with Gasteiger partial charge in [-0.1, -0.05) is 19.1 Å². The van der Waals surface area contributed by atoms with E-state index >= 15 is 0 Å². The fourth-order valence-corrected chi connectivity index (χ4v) is 3.36. The highest BCUT2D eigenvalue weighted by Crippen LogP contribution is 2.37. The van der Waals surface area contributed by atoms with Gasteiger partial charge in [-0.15, -0.1) is 24.8 Å². The largest absolute Gasteiger partial charge is 0.480 e. The number of carbonyl (C=O) groups excluding carboxylic acids is 1. The average Bonchev–Trinajstić information content (AvgIpc) is 2.67. The van der Waals surface area contributed by atoms with Gasteiger partial charge >= 0.3 is 18.1 Å². The number of hydrogen-bond donors (Lipinski definition) is 2. The maximum absolute atomic E-state index is 13.0. The molecule has 1 aromatic heterocycles. The van der Waals surface area contributed by atoms with Crippen molar-refractivity contribution >= 4 is 36.8 Å². The monoisotopic (exact) mass is 495 g/mol. The molecule has 7 nitrogen and oxygen atoms in total. The summed E-state index contributed by atoms with van der Waals surface area (Å²) in [5.41, 5.74) is 6.16. The summed E-state index contributed by atoms with van der Waals surface area (Å²) < 4.78 is 44.5. The van der Waals surface area contributed by atoms with Crippen molar-refractivity contribution < 1.29 is 32.6 Å². The molecule has 1 heterocycles. The molecule has 0 aliphatic heterocycles. The Morgan fingerprint density at radius 2 is 1.94 bits per heavy atom. The molecular weight excluding hydrogens is 474 g/mol. The Balaban J connectivity index is 0.00000256. The van der Waals surface area contributed by atoms with Gasteiger partial charge in [0.2, 0.25) is 0 Å². The summed E-state index contributed by atoms with van der Waals surface area (Å²) in [6.07, 6.45) is -4.65. The van der Waals surface area contributed by atoms with Crippen LogP contribution in [0.25, 0.3) is 11.3 Å². The Morgan fingerprint density at radius 3 is 2.56 bits per heavy atom. The van der Waals surface area contributed by atoms with Crippen LogP contribution in [0, 0.1) is 5.92 Å².